The van der Waals surface area contributed by atoms with Crippen LogP contribution in [-0.4, -0.2) is 86.9 Å². The second-order valence-electron chi connectivity index (χ2n) is 28.9. The van der Waals surface area contributed by atoms with Crippen molar-refractivity contribution in [3.8, 4) is 0 Å². The Morgan fingerprint density at radius 3 is 0.798 bits per heavy atom. The molecule has 3 aliphatic rings. The second kappa shape index (κ2) is 43.1. The lowest BCUT2D eigenvalue weighted by Crippen LogP contribution is -2.26. The van der Waals surface area contributed by atoms with E-state index in [2.05, 4.69) is 82.3 Å². The lowest BCUT2D eigenvalue weighted by atomic mass is 9.89. The van der Waals surface area contributed by atoms with E-state index in [0.717, 1.165) is 146 Å². The molecule has 0 aliphatic carbocycles. The Morgan fingerprint density at radius 1 is 0.360 bits per heavy atom. The summed E-state index contributed by atoms with van der Waals surface area (Å²) in [6.45, 7) is 11.7. The molecule has 114 heavy (non-hydrogen) atoms. The Balaban J connectivity index is 0.000000234. The van der Waals surface area contributed by atoms with Gasteiger partial charge >= 0.3 is 18.5 Å². The largest absolute Gasteiger partial charge is 0.419 e. The molecule has 3 saturated heterocycles. The molecule has 9 N–H and O–H groups in total. The Labute approximate surface area is 665 Å². The molecule has 6 heterocycles. The first kappa shape index (κ1) is 91.4. The van der Waals surface area contributed by atoms with E-state index >= 15 is 0 Å². The molecule has 0 saturated carbocycles. The summed E-state index contributed by atoms with van der Waals surface area (Å²) in [7, 11) is 0. The van der Waals surface area contributed by atoms with Crippen LogP contribution in [0.2, 0.25) is 0 Å². The molecule has 24 heteroatoms. The summed E-state index contributed by atoms with van der Waals surface area (Å²) in [6, 6.07) is 46.6. The topological polar surface area (TPSA) is 243 Å². The number of nitrogens with zero attached hydrogens (tertiary/aromatic N) is 6. The number of hydrogen-bond acceptors (Lipinski definition) is 12. The van der Waals surface area contributed by atoms with Gasteiger partial charge in [0.1, 0.15) is 17.5 Å². The molecule has 3 fully saturated rings. The fraction of sp³-hybridized carbons (Fsp3) is 0.433. The highest BCUT2D eigenvalue weighted by Crippen LogP contribution is 2.38. The zero-order chi connectivity index (χ0) is 79.2. The molecule has 0 radical (unpaired) electrons. The van der Waals surface area contributed by atoms with Crippen LogP contribution in [-0.2, 0) is 90.7 Å². The van der Waals surface area contributed by atoms with Gasteiger partial charge in [-0.25, -0.2) is 29.9 Å². The first-order valence-electron chi connectivity index (χ1n) is 38.5. The number of alkyl halides is 9. The lowest BCUT2D eigenvalue weighted by molar-refractivity contribution is -0.139. The first-order chi connectivity index (χ1) is 53.3. The molecule has 6 aromatic carbocycles. The van der Waals surface area contributed by atoms with Gasteiger partial charge in [-0.05, 0) is 220 Å². The molecule has 3 aliphatic heterocycles. The number of nitrogens with two attached hydrogens (primary N) is 3. The highest BCUT2D eigenvalue weighted by atomic mass is 19.4. The van der Waals surface area contributed by atoms with E-state index in [1.54, 1.807) is 0 Å². The van der Waals surface area contributed by atoms with Crippen LogP contribution in [0.4, 0.5) is 39.5 Å². The first-order valence-corrected chi connectivity index (χ1v) is 38.5. The van der Waals surface area contributed by atoms with E-state index in [1.807, 2.05) is 130 Å². The van der Waals surface area contributed by atoms with Crippen LogP contribution >= 0.6 is 0 Å². The number of carbonyl (C=O) groups is 3. The minimum absolute atomic E-state index is 0. The SMILES string of the molecule is C.C.C.CCC(C(N)=O)c1ccccc1CCc1nc(Cc2ccc(C3CCNCC3)cc2)ncc1C(F)(F)F.CC[C@@H](C(N)=O)c1ccccc1CCc1nc(Cc2ccc(C3CCNCC3)cc2)ncc1C(F)(F)F.CC[C@H](C(N)=O)c1ccccc1CCc1nc(Cc2ccc(C3CCNCC3)cc2)ncc1C(F)(F)F. The monoisotopic (exact) mass is 1580 g/mol. The fourth-order valence-corrected chi connectivity index (χ4v) is 15.4. The van der Waals surface area contributed by atoms with E-state index in [4.69, 9.17) is 17.2 Å². The number of rotatable bonds is 27. The summed E-state index contributed by atoms with van der Waals surface area (Å²) >= 11 is 0. The van der Waals surface area contributed by atoms with E-state index in [-0.39, 0.29) is 58.6 Å². The van der Waals surface area contributed by atoms with Crippen molar-refractivity contribution in [3.05, 3.63) is 282 Å². The van der Waals surface area contributed by atoms with Crippen molar-refractivity contribution in [2.24, 2.45) is 17.2 Å². The third-order valence-electron chi connectivity index (χ3n) is 21.6. The van der Waals surface area contributed by atoms with Crippen molar-refractivity contribution >= 4 is 17.7 Å². The van der Waals surface area contributed by atoms with Crippen molar-refractivity contribution in [3.63, 3.8) is 0 Å². The second-order valence-corrected chi connectivity index (χ2v) is 28.9. The zero-order valence-electron chi connectivity index (χ0n) is 63.1. The van der Waals surface area contributed by atoms with Crippen LogP contribution in [0.1, 0.15) is 254 Å². The molecule has 3 atom stereocenters. The minimum Gasteiger partial charge on any atom is -0.369 e. The number of piperidine rings is 3. The van der Waals surface area contributed by atoms with Gasteiger partial charge < -0.3 is 33.2 Å². The molecule has 612 valence electrons. The summed E-state index contributed by atoms with van der Waals surface area (Å²) in [5.41, 5.74) is 25.6. The van der Waals surface area contributed by atoms with Gasteiger partial charge in [-0.1, -0.05) is 189 Å². The van der Waals surface area contributed by atoms with Gasteiger partial charge in [0.2, 0.25) is 17.7 Å². The van der Waals surface area contributed by atoms with Crippen LogP contribution in [0.3, 0.4) is 0 Å². The van der Waals surface area contributed by atoms with Crippen LogP contribution in [0.5, 0.6) is 0 Å². The number of nitrogens with one attached hydrogen (secondary N) is 3. The van der Waals surface area contributed by atoms with Gasteiger partial charge in [0, 0.05) is 37.9 Å². The van der Waals surface area contributed by atoms with Crippen molar-refractivity contribution in [2.75, 3.05) is 39.3 Å². The van der Waals surface area contributed by atoms with Crippen LogP contribution in [0.25, 0.3) is 0 Å². The predicted octanol–water partition coefficient (Wildman–Crippen LogP) is 17.9. The third kappa shape index (κ3) is 25.4. The maximum atomic E-state index is 13.8. The van der Waals surface area contributed by atoms with Crippen molar-refractivity contribution in [2.45, 2.75) is 213 Å². The van der Waals surface area contributed by atoms with Crippen LogP contribution < -0.4 is 33.2 Å². The van der Waals surface area contributed by atoms with Gasteiger partial charge in [-0.2, -0.15) is 39.5 Å². The summed E-state index contributed by atoms with van der Waals surface area (Å²) in [5, 5.41) is 10.1. The van der Waals surface area contributed by atoms with E-state index in [9.17, 15) is 53.9 Å². The van der Waals surface area contributed by atoms with E-state index in [1.165, 1.54) is 16.7 Å². The number of halogens is 9. The van der Waals surface area contributed by atoms with Crippen LogP contribution in [0.15, 0.2) is 164 Å². The number of amides is 3. The Bertz CT molecular complexity index is 4070. The van der Waals surface area contributed by atoms with Gasteiger partial charge in [0.05, 0.1) is 51.5 Å². The van der Waals surface area contributed by atoms with Crippen molar-refractivity contribution < 1.29 is 53.9 Å². The molecule has 3 amide bonds. The van der Waals surface area contributed by atoms with Gasteiger partial charge in [-0.15, -0.1) is 0 Å². The lowest BCUT2D eigenvalue weighted by Gasteiger charge is -2.23. The number of aryl methyl sites for hydroxylation is 6. The summed E-state index contributed by atoms with van der Waals surface area (Å²) in [5.74, 6) is -0.0918. The summed E-state index contributed by atoms with van der Waals surface area (Å²) in [4.78, 5) is 61.0. The highest BCUT2D eigenvalue weighted by molar-refractivity contribution is 5.83. The van der Waals surface area contributed by atoms with Crippen LogP contribution in [0, 0.1) is 0 Å². The summed E-state index contributed by atoms with van der Waals surface area (Å²) in [6.07, 6.45) is -0.570. The molecule has 15 nitrogen and oxygen atoms in total. The maximum absolute atomic E-state index is 13.8. The smallest absolute Gasteiger partial charge is 0.369 e. The normalized spacial score (nSPS) is 15.1. The molecular weight excluding hydrogens is 1470 g/mol. The average molecular weight is 1580 g/mol. The quantitative estimate of drug-likeness (QED) is 0.0263. The van der Waals surface area contributed by atoms with Crippen molar-refractivity contribution in [1.29, 1.82) is 0 Å². The Morgan fingerprint density at radius 2 is 0.588 bits per heavy atom. The number of aromatic nitrogens is 6. The Kier molecular flexibility index (Phi) is 34.5. The number of carbonyl (C=O) groups excluding carboxylic acids is 3. The van der Waals surface area contributed by atoms with Crippen molar-refractivity contribution in [1.82, 2.24) is 45.9 Å². The molecule has 12 rings (SSSR count). The molecule has 3 aromatic heterocycles. The fourth-order valence-electron chi connectivity index (χ4n) is 15.4. The zero-order valence-corrected chi connectivity index (χ0v) is 63.1. The summed E-state index contributed by atoms with van der Waals surface area (Å²) < 4.78 is 124. The highest BCUT2D eigenvalue weighted by Gasteiger charge is 2.38. The molecule has 0 bridgehead atoms. The minimum atomic E-state index is -4.55. The number of primary amides is 3. The van der Waals surface area contributed by atoms with Gasteiger partial charge in [-0.3, -0.25) is 14.4 Å². The Hall–Kier alpha value is -9.78. The van der Waals surface area contributed by atoms with Gasteiger partial charge in [0.25, 0.3) is 0 Å². The number of benzene rings is 6. The van der Waals surface area contributed by atoms with E-state index in [0.29, 0.717) is 93.0 Å². The maximum Gasteiger partial charge on any atom is 0.419 e. The van der Waals surface area contributed by atoms with Gasteiger partial charge in [0.15, 0.2) is 0 Å². The molecular formula is C90H111F9N12O3. The molecule has 1 unspecified atom stereocenters. The molecule has 0 spiro atoms. The molecule has 9 aromatic rings. The third-order valence-corrected chi connectivity index (χ3v) is 21.6. The predicted molar refractivity (Wildman–Crippen MR) is 432 cm³/mol. The van der Waals surface area contributed by atoms with E-state index < -0.39 is 70.7 Å². The average Bonchev–Trinajstić information content (AvgIpc) is 0.807. The standard InChI is InChI=1S/3C29H33F3N4O.3CH4/c3*1-2-23(28(33)37)24-6-4-3-5-22(24)11-12-26-25(29(30,31)32)18-35-27(36-26)17-19-7-9-20(10-8-19)21-13-15-34-16-14-21;;;/h3*3-10,18,21,23,34H,2,11-17H2,1H3,(H2,33,37);3*1H4/t2*23-;;;;/m10..../s1. The number of hydrogen-bond donors (Lipinski definition) is 6.